The molecule has 4 nitrogen and oxygen atoms in total. The van der Waals surface area contributed by atoms with Crippen LogP contribution in [0.1, 0.15) is 33.8 Å². The van der Waals surface area contributed by atoms with Gasteiger partial charge < -0.3 is 14.9 Å². The molecular formula is C16H24N2O2S. The molecule has 2 atom stereocenters. The lowest BCUT2D eigenvalue weighted by Crippen LogP contribution is -2.62. The maximum Gasteiger partial charge on any atom is 0.263 e. The molecule has 2 fully saturated rings. The van der Waals surface area contributed by atoms with Crippen LogP contribution in [0, 0.1) is 12.3 Å². The molecule has 0 radical (unpaired) electrons. The maximum atomic E-state index is 12.6. The fourth-order valence-corrected chi connectivity index (χ4v) is 4.74. The Bertz CT molecular complexity index is 530. The third kappa shape index (κ3) is 2.62. The molecule has 1 aromatic rings. The molecule has 2 saturated heterocycles. The van der Waals surface area contributed by atoms with Gasteiger partial charge in [-0.1, -0.05) is 0 Å². The van der Waals surface area contributed by atoms with Gasteiger partial charge in [-0.2, -0.15) is 0 Å². The number of aryl methyl sites for hydroxylation is 1. The summed E-state index contributed by atoms with van der Waals surface area (Å²) in [7, 11) is 2.12. The lowest BCUT2D eigenvalue weighted by Gasteiger charge is -2.53. The van der Waals surface area contributed by atoms with E-state index in [1.807, 2.05) is 24.0 Å². The van der Waals surface area contributed by atoms with Crippen molar-refractivity contribution < 1.29 is 9.90 Å². The molecule has 2 aliphatic heterocycles. The molecule has 116 valence electrons. The minimum absolute atomic E-state index is 0.00482. The normalized spacial score (nSPS) is 30.2. The quantitative estimate of drug-likeness (QED) is 0.908. The molecule has 1 aromatic heterocycles. The lowest BCUT2D eigenvalue weighted by molar-refractivity contribution is -0.0600. The van der Waals surface area contributed by atoms with Crippen molar-refractivity contribution in [2.45, 2.75) is 32.2 Å². The number of aliphatic hydroxyl groups is 1. The number of nitrogens with zero attached hydrogens (tertiary/aromatic N) is 2. The Hall–Kier alpha value is -0.910. The minimum atomic E-state index is -0.00482. The Kier molecular flexibility index (Phi) is 4.08. The number of carbonyl (C=O) groups excluding carboxylic acids is 1. The number of hydrogen-bond donors (Lipinski definition) is 1. The third-order valence-corrected chi connectivity index (χ3v) is 6.24. The molecule has 5 heteroatoms. The number of hydrogen-bond acceptors (Lipinski definition) is 4. The molecule has 3 heterocycles. The number of thiophene rings is 1. The first kappa shape index (κ1) is 15.0. The van der Waals surface area contributed by atoms with Gasteiger partial charge in [-0.3, -0.25) is 4.79 Å². The van der Waals surface area contributed by atoms with Crippen LogP contribution in [0.25, 0.3) is 0 Å². The van der Waals surface area contributed by atoms with E-state index >= 15 is 0 Å². The Morgan fingerprint density at radius 1 is 1.43 bits per heavy atom. The molecule has 0 bridgehead atoms. The van der Waals surface area contributed by atoms with Gasteiger partial charge in [0.2, 0.25) is 0 Å². The summed E-state index contributed by atoms with van der Waals surface area (Å²) in [4.78, 5) is 19.0. The lowest BCUT2D eigenvalue weighted by atomic mass is 9.69. The van der Waals surface area contributed by atoms with Crippen LogP contribution >= 0.6 is 11.3 Å². The van der Waals surface area contributed by atoms with E-state index in [1.54, 1.807) is 11.3 Å². The number of amides is 1. The standard InChI is InChI=1S/C16H24N2O2S/c1-12-4-5-13(21-12)15(20)18-9-7-16(11-19)6-3-8-17(2)14(16)10-18/h4-5,14,19H,3,6-11H2,1-2H3/t14-,16-/m1/s1. The van der Waals surface area contributed by atoms with Gasteiger partial charge in [0, 0.05) is 29.4 Å². The van der Waals surface area contributed by atoms with Crippen molar-refractivity contribution in [2.24, 2.45) is 5.41 Å². The van der Waals surface area contributed by atoms with Crippen LogP contribution in [0.3, 0.4) is 0 Å². The van der Waals surface area contributed by atoms with E-state index in [4.69, 9.17) is 0 Å². The fraction of sp³-hybridized carbons (Fsp3) is 0.688. The number of rotatable bonds is 2. The van der Waals surface area contributed by atoms with Crippen molar-refractivity contribution in [3.05, 3.63) is 21.9 Å². The first-order valence-electron chi connectivity index (χ1n) is 7.72. The van der Waals surface area contributed by atoms with Gasteiger partial charge in [-0.15, -0.1) is 11.3 Å². The van der Waals surface area contributed by atoms with E-state index in [0.717, 1.165) is 43.8 Å². The van der Waals surface area contributed by atoms with Crippen LogP contribution in [0.5, 0.6) is 0 Å². The van der Waals surface area contributed by atoms with Gasteiger partial charge in [0.25, 0.3) is 5.91 Å². The van der Waals surface area contributed by atoms with Gasteiger partial charge in [0.1, 0.15) is 0 Å². The van der Waals surface area contributed by atoms with Crippen molar-refractivity contribution in [3.63, 3.8) is 0 Å². The first-order chi connectivity index (χ1) is 10.1. The number of aliphatic hydroxyl groups excluding tert-OH is 1. The largest absolute Gasteiger partial charge is 0.396 e. The molecule has 3 rings (SSSR count). The van der Waals surface area contributed by atoms with Gasteiger partial charge in [0.15, 0.2) is 0 Å². The van der Waals surface area contributed by atoms with E-state index in [2.05, 4.69) is 11.9 Å². The number of likely N-dealkylation sites (N-methyl/N-ethyl adjacent to an activating group) is 1. The monoisotopic (exact) mass is 308 g/mol. The minimum Gasteiger partial charge on any atom is -0.396 e. The van der Waals surface area contributed by atoms with E-state index in [-0.39, 0.29) is 24.0 Å². The van der Waals surface area contributed by atoms with E-state index in [0.29, 0.717) is 0 Å². The highest BCUT2D eigenvalue weighted by Crippen LogP contribution is 2.41. The van der Waals surface area contributed by atoms with Crippen LogP contribution in [0.4, 0.5) is 0 Å². The van der Waals surface area contributed by atoms with E-state index < -0.39 is 0 Å². The van der Waals surface area contributed by atoms with Crippen LogP contribution in [-0.2, 0) is 0 Å². The third-order valence-electron chi connectivity index (χ3n) is 5.25. The maximum absolute atomic E-state index is 12.6. The Labute approximate surface area is 130 Å². The zero-order valence-corrected chi connectivity index (χ0v) is 13.7. The summed E-state index contributed by atoms with van der Waals surface area (Å²) in [6.45, 7) is 4.84. The summed E-state index contributed by atoms with van der Waals surface area (Å²) in [6.07, 6.45) is 3.14. The first-order valence-corrected chi connectivity index (χ1v) is 8.54. The second-order valence-corrected chi connectivity index (χ2v) is 7.82. The summed E-state index contributed by atoms with van der Waals surface area (Å²) < 4.78 is 0. The number of fused-ring (bicyclic) bond motifs is 1. The molecule has 1 amide bonds. The second-order valence-electron chi connectivity index (χ2n) is 6.53. The summed E-state index contributed by atoms with van der Waals surface area (Å²) in [5.74, 6) is 0.151. The van der Waals surface area contributed by atoms with Gasteiger partial charge in [-0.25, -0.2) is 0 Å². The Morgan fingerprint density at radius 3 is 2.90 bits per heavy atom. The van der Waals surface area contributed by atoms with Crippen molar-refractivity contribution >= 4 is 17.2 Å². The van der Waals surface area contributed by atoms with Crippen molar-refractivity contribution in [1.82, 2.24) is 9.80 Å². The van der Waals surface area contributed by atoms with Crippen LogP contribution in [0.15, 0.2) is 12.1 Å². The molecule has 1 N–H and O–H groups in total. The van der Waals surface area contributed by atoms with Gasteiger partial charge in [0.05, 0.1) is 11.5 Å². The SMILES string of the molecule is Cc1ccc(C(=O)N2CC[C@@]3(CO)CCCN(C)[C@@H]3C2)s1. The average molecular weight is 308 g/mol. The second kappa shape index (κ2) is 5.71. The fourth-order valence-electron chi connectivity index (χ4n) is 3.91. The van der Waals surface area contributed by atoms with Crippen molar-refractivity contribution in [3.8, 4) is 0 Å². The predicted octanol–water partition coefficient (Wildman–Crippen LogP) is 1.98. The number of piperidine rings is 2. The zero-order chi connectivity index (χ0) is 15.0. The highest BCUT2D eigenvalue weighted by atomic mass is 32.1. The van der Waals surface area contributed by atoms with Gasteiger partial charge in [-0.05, 0) is 51.9 Å². The molecule has 0 aliphatic carbocycles. The topological polar surface area (TPSA) is 43.8 Å². The zero-order valence-electron chi connectivity index (χ0n) is 12.8. The van der Waals surface area contributed by atoms with Crippen LogP contribution in [0.2, 0.25) is 0 Å². The Balaban J connectivity index is 1.78. The number of likely N-dealkylation sites (tertiary alicyclic amines) is 2. The molecule has 2 aliphatic rings. The van der Waals surface area contributed by atoms with Crippen molar-refractivity contribution in [1.29, 1.82) is 0 Å². The average Bonchev–Trinajstić information content (AvgIpc) is 2.93. The Morgan fingerprint density at radius 2 is 2.24 bits per heavy atom. The summed E-state index contributed by atoms with van der Waals surface area (Å²) >= 11 is 1.57. The summed E-state index contributed by atoms with van der Waals surface area (Å²) in [5.41, 5.74) is -0.00482. The number of carbonyl (C=O) groups is 1. The van der Waals surface area contributed by atoms with Gasteiger partial charge >= 0.3 is 0 Å². The molecule has 21 heavy (non-hydrogen) atoms. The highest BCUT2D eigenvalue weighted by Gasteiger charge is 2.47. The smallest absolute Gasteiger partial charge is 0.263 e. The molecule has 0 spiro atoms. The molecule has 0 aromatic carbocycles. The molecule has 0 saturated carbocycles. The van der Waals surface area contributed by atoms with Crippen LogP contribution in [-0.4, -0.2) is 60.1 Å². The van der Waals surface area contributed by atoms with Crippen molar-refractivity contribution in [2.75, 3.05) is 33.3 Å². The van der Waals surface area contributed by atoms with Crippen LogP contribution < -0.4 is 0 Å². The van der Waals surface area contributed by atoms with E-state index in [9.17, 15) is 9.90 Å². The predicted molar refractivity (Wildman–Crippen MR) is 84.7 cm³/mol. The molecular weight excluding hydrogens is 284 g/mol. The summed E-state index contributed by atoms with van der Waals surface area (Å²) in [5, 5.41) is 9.91. The van der Waals surface area contributed by atoms with E-state index in [1.165, 1.54) is 4.88 Å². The summed E-state index contributed by atoms with van der Waals surface area (Å²) in [6, 6.07) is 4.22. The highest BCUT2D eigenvalue weighted by molar-refractivity contribution is 7.13. The molecule has 0 unspecified atom stereocenters.